The number of nitrogens with zero attached hydrogens (tertiary/aromatic N) is 3. The first-order chi connectivity index (χ1) is 13.7. The van der Waals surface area contributed by atoms with Gasteiger partial charge in [0.15, 0.2) is 0 Å². The van der Waals surface area contributed by atoms with Gasteiger partial charge in [-0.15, -0.1) is 0 Å². The predicted octanol–water partition coefficient (Wildman–Crippen LogP) is 2.62. The monoisotopic (exact) mass is 401 g/mol. The van der Waals surface area contributed by atoms with Crippen LogP contribution in [0.4, 0.5) is 0 Å². The number of aromatic nitrogens is 4. The fraction of sp³-hybridized carbons (Fsp3) is 0.316. The average molecular weight is 402 g/mol. The Balaban J connectivity index is 1.32. The van der Waals surface area contributed by atoms with Gasteiger partial charge in [-0.2, -0.15) is 10.2 Å². The highest BCUT2D eigenvalue weighted by Crippen LogP contribution is 2.22. The van der Waals surface area contributed by atoms with Gasteiger partial charge in [-0.05, 0) is 36.4 Å². The van der Waals surface area contributed by atoms with E-state index in [2.05, 4.69) is 20.4 Å². The zero-order valence-electron chi connectivity index (χ0n) is 15.1. The molecular formula is C19H20ClN5O3. The molecule has 9 heteroatoms. The van der Waals surface area contributed by atoms with E-state index >= 15 is 0 Å². The summed E-state index contributed by atoms with van der Waals surface area (Å²) in [5.41, 5.74) is 2.20. The Morgan fingerprint density at radius 1 is 1.29 bits per heavy atom. The normalized spacial score (nSPS) is 16.9. The highest BCUT2D eigenvalue weighted by molar-refractivity contribution is 6.30. The standard InChI is InChI=1S/C19H20ClN5O3/c20-13-1-3-15(4-2-13)27-9-6-14-11-17(24-22-14)18-12-25(8-10-28-18)19(26)16-5-7-21-23-16/h1-5,7,11,18H,6,8-10,12H2,(H,21,23)(H,22,24)/t18-/m0/s1. The van der Waals surface area contributed by atoms with Crippen molar-refractivity contribution in [2.45, 2.75) is 12.5 Å². The molecule has 3 heterocycles. The van der Waals surface area contributed by atoms with Gasteiger partial charge >= 0.3 is 0 Å². The smallest absolute Gasteiger partial charge is 0.272 e. The summed E-state index contributed by atoms with van der Waals surface area (Å²) in [5.74, 6) is 0.686. The van der Waals surface area contributed by atoms with E-state index in [-0.39, 0.29) is 12.0 Å². The van der Waals surface area contributed by atoms with Crippen LogP contribution >= 0.6 is 11.6 Å². The number of halogens is 1. The number of carbonyl (C=O) groups excluding carboxylic acids is 1. The molecule has 1 aliphatic rings. The Labute approximate surface area is 166 Å². The molecular weight excluding hydrogens is 382 g/mol. The van der Waals surface area contributed by atoms with Crippen molar-refractivity contribution < 1.29 is 14.3 Å². The molecule has 1 fully saturated rings. The maximum Gasteiger partial charge on any atom is 0.272 e. The van der Waals surface area contributed by atoms with Crippen molar-refractivity contribution in [3.8, 4) is 5.75 Å². The van der Waals surface area contributed by atoms with Crippen LogP contribution in [0.25, 0.3) is 0 Å². The third kappa shape index (κ3) is 4.35. The number of morpholine rings is 1. The number of ether oxygens (including phenoxy) is 2. The lowest BCUT2D eigenvalue weighted by Crippen LogP contribution is -2.42. The van der Waals surface area contributed by atoms with Crippen LogP contribution in [0.1, 0.15) is 28.0 Å². The lowest BCUT2D eigenvalue weighted by Gasteiger charge is -2.31. The number of hydrogen-bond acceptors (Lipinski definition) is 5. The Kier molecular flexibility index (Phi) is 5.59. The minimum Gasteiger partial charge on any atom is -0.493 e. The number of hydrogen-bond donors (Lipinski definition) is 2. The van der Waals surface area contributed by atoms with Gasteiger partial charge in [0.25, 0.3) is 5.91 Å². The first-order valence-electron chi connectivity index (χ1n) is 9.02. The minimum atomic E-state index is -0.261. The quantitative estimate of drug-likeness (QED) is 0.661. The Bertz CT molecular complexity index is 910. The topological polar surface area (TPSA) is 96.1 Å². The fourth-order valence-electron chi connectivity index (χ4n) is 3.04. The number of amides is 1. The molecule has 0 bridgehead atoms. The zero-order valence-corrected chi connectivity index (χ0v) is 15.9. The summed E-state index contributed by atoms with van der Waals surface area (Å²) in [6.07, 6.45) is 1.99. The molecule has 4 rings (SSSR count). The number of carbonyl (C=O) groups is 1. The largest absolute Gasteiger partial charge is 0.493 e. The van der Waals surface area contributed by atoms with Crippen molar-refractivity contribution in [3.05, 3.63) is 64.7 Å². The highest BCUT2D eigenvalue weighted by atomic mass is 35.5. The maximum atomic E-state index is 12.5. The molecule has 28 heavy (non-hydrogen) atoms. The Hall–Kier alpha value is -2.84. The fourth-order valence-corrected chi connectivity index (χ4v) is 3.17. The van der Waals surface area contributed by atoms with E-state index in [4.69, 9.17) is 21.1 Å². The molecule has 146 valence electrons. The number of aromatic amines is 2. The number of rotatable bonds is 6. The Morgan fingerprint density at radius 2 is 2.14 bits per heavy atom. The zero-order chi connectivity index (χ0) is 19.3. The number of benzene rings is 1. The molecule has 2 N–H and O–H groups in total. The first-order valence-corrected chi connectivity index (χ1v) is 9.39. The summed E-state index contributed by atoms with van der Waals surface area (Å²) >= 11 is 5.87. The molecule has 1 atom stereocenters. The van der Waals surface area contributed by atoms with Crippen molar-refractivity contribution in [3.63, 3.8) is 0 Å². The van der Waals surface area contributed by atoms with Crippen LogP contribution in [0.2, 0.25) is 5.02 Å². The highest BCUT2D eigenvalue weighted by Gasteiger charge is 2.28. The van der Waals surface area contributed by atoms with Crippen LogP contribution in [-0.4, -0.2) is 57.5 Å². The molecule has 8 nitrogen and oxygen atoms in total. The van der Waals surface area contributed by atoms with Crippen molar-refractivity contribution >= 4 is 17.5 Å². The molecule has 1 aliphatic heterocycles. The van der Waals surface area contributed by atoms with Crippen LogP contribution in [0.5, 0.6) is 5.75 Å². The molecule has 0 spiro atoms. The number of nitrogens with one attached hydrogen (secondary N) is 2. The van der Waals surface area contributed by atoms with Gasteiger partial charge in [0.05, 0.1) is 25.5 Å². The summed E-state index contributed by atoms with van der Waals surface area (Å²) in [5, 5.41) is 14.6. The van der Waals surface area contributed by atoms with Crippen molar-refractivity contribution in [2.24, 2.45) is 0 Å². The summed E-state index contributed by atoms with van der Waals surface area (Å²) in [4.78, 5) is 14.2. The first kappa shape index (κ1) is 18.5. The van der Waals surface area contributed by atoms with Crippen LogP contribution in [-0.2, 0) is 11.2 Å². The average Bonchev–Trinajstić information content (AvgIpc) is 3.41. The second-order valence-corrected chi connectivity index (χ2v) is 6.89. The summed E-state index contributed by atoms with van der Waals surface area (Å²) < 4.78 is 11.5. The minimum absolute atomic E-state index is 0.0853. The van der Waals surface area contributed by atoms with Crippen LogP contribution in [0.3, 0.4) is 0 Å². The van der Waals surface area contributed by atoms with Crippen molar-refractivity contribution in [1.82, 2.24) is 25.3 Å². The molecule has 3 aromatic rings. The molecule has 0 saturated carbocycles. The Morgan fingerprint density at radius 3 is 2.93 bits per heavy atom. The summed E-state index contributed by atoms with van der Waals surface area (Å²) in [6.45, 7) is 1.97. The summed E-state index contributed by atoms with van der Waals surface area (Å²) in [7, 11) is 0. The number of H-pyrrole nitrogens is 2. The van der Waals surface area contributed by atoms with E-state index in [1.54, 1.807) is 29.3 Å². The SMILES string of the molecule is O=C(c1ccn[nH]1)N1CCO[C@H](c2cc(CCOc3ccc(Cl)cc3)[nH]n2)C1. The van der Waals surface area contributed by atoms with Gasteiger partial charge in [0, 0.05) is 29.9 Å². The molecule has 2 aromatic heterocycles. The van der Waals surface area contributed by atoms with Crippen LogP contribution < -0.4 is 4.74 Å². The molecule has 0 aliphatic carbocycles. The second-order valence-electron chi connectivity index (χ2n) is 6.45. The van der Waals surface area contributed by atoms with E-state index < -0.39 is 0 Å². The van der Waals surface area contributed by atoms with Gasteiger partial charge in [0.2, 0.25) is 0 Å². The van der Waals surface area contributed by atoms with Gasteiger partial charge in [-0.25, -0.2) is 0 Å². The molecule has 1 amide bonds. The predicted molar refractivity (Wildman–Crippen MR) is 102 cm³/mol. The van der Waals surface area contributed by atoms with Gasteiger partial charge in [0.1, 0.15) is 17.5 Å². The molecule has 0 unspecified atom stereocenters. The second kappa shape index (κ2) is 8.45. The van der Waals surface area contributed by atoms with Crippen LogP contribution in [0.15, 0.2) is 42.6 Å². The molecule has 1 saturated heterocycles. The van der Waals surface area contributed by atoms with E-state index in [1.165, 1.54) is 0 Å². The van der Waals surface area contributed by atoms with Gasteiger partial charge < -0.3 is 14.4 Å². The van der Waals surface area contributed by atoms with Gasteiger partial charge in [-0.3, -0.25) is 15.0 Å². The van der Waals surface area contributed by atoms with E-state index in [1.807, 2.05) is 18.2 Å². The maximum absolute atomic E-state index is 12.5. The van der Waals surface area contributed by atoms with Gasteiger partial charge in [-0.1, -0.05) is 11.6 Å². The lowest BCUT2D eigenvalue weighted by molar-refractivity contribution is -0.0249. The lowest BCUT2D eigenvalue weighted by atomic mass is 10.1. The van der Waals surface area contributed by atoms with Crippen molar-refractivity contribution in [2.75, 3.05) is 26.3 Å². The van der Waals surface area contributed by atoms with E-state index in [9.17, 15) is 4.79 Å². The van der Waals surface area contributed by atoms with Crippen molar-refractivity contribution in [1.29, 1.82) is 0 Å². The molecule has 0 radical (unpaired) electrons. The van der Waals surface area contributed by atoms with E-state index in [0.29, 0.717) is 43.4 Å². The third-order valence-corrected chi connectivity index (χ3v) is 4.77. The van der Waals surface area contributed by atoms with Crippen LogP contribution in [0, 0.1) is 0 Å². The molecule has 1 aromatic carbocycles. The third-order valence-electron chi connectivity index (χ3n) is 4.52. The summed E-state index contributed by atoms with van der Waals surface area (Å²) in [6, 6.07) is 10.9. The van der Waals surface area contributed by atoms with E-state index in [0.717, 1.165) is 17.1 Å².